The average Bonchev–Trinajstić information content (AvgIpc) is 2.88. The second-order valence-corrected chi connectivity index (χ2v) is 9.12. The summed E-state index contributed by atoms with van der Waals surface area (Å²) in [5.41, 5.74) is -0.745. The summed E-state index contributed by atoms with van der Waals surface area (Å²) in [7, 11) is -3.06. The first-order chi connectivity index (χ1) is 17.9. The predicted octanol–water partition coefficient (Wildman–Crippen LogP) is 4.13. The first kappa shape index (κ1) is 27.3. The highest BCUT2D eigenvalue weighted by Gasteiger charge is 2.22. The minimum absolute atomic E-state index is 0.123. The van der Waals surface area contributed by atoms with Gasteiger partial charge < -0.3 is 14.2 Å². The Balaban J connectivity index is 1.79. The van der Waals surface area contributed by atoms with E-state index in [9.17, 15) is 38.7 Å². The van der Waals surface area contributed by atoms with E-state index in [0.29, 0.717) is 5.56 Å². The van der Waals surface area contributed by atoms with Gasteiger partial charge in [-0.25, -0.2) is 0 Å². The highest BCUT2D eigenvalue weighted by molar-refractivity contribution is 7.87. The number of nitrogens with one attached hydrogen (secondary N) is 1. The number of nitrogens with zero attached hydrogens (tertiary/aromatic N) is 3. The van der Waals surface area contributed by atoms with Crippen LogP contribution in [-0.4, -0.2) is 31.3 Å². The van der Waals surface area contributed by atoms with Gasteiger partial charge in [0, 0.05) is 11.6 Å². The lowest BCUT2D eigenvalue weighted by Gasteiger charge is -2.08. The molecule has 14 heteroatoms. The molecule has 0 aliphatic heterocycles. The quantitative estimate of drug-likeness (QED) is 0.136. The summed E-state index contributed by atoms with van der Waals surface area (Å²) in [6.07, 6.45) is 1.19. The minimum atomic E-state index is -4.39. The SMILES string of the molecule is COc1ccc(NC(=O)/C(C#N)=C/c2ccc(OS(=O)(=O)c3ccc(C)c([N+](=O)[O-])c3)cc2)c([N+](=O)[O-])c1. The molecule has 0 heterocycles. The van der Waals surface area contributed by atoms with Crippen molar-refractivity contribution < 1.29 is 32.0 Å². The molecule has 0 atom stereocenters. The third-order valence-corrected chi connectivity index (χ3v) is 6.32. The minimum Gasteiger partial charge on any atom is -0.496 e. The smallest absolute Gasteiger partial charge is 0.339 e. The van der Waals surface area contributed by atoms with Crippen molar-refractivity contribution in [2.45, 2.75) is 11.8 Å². The number of carbonyl (C=O) groups is 1. The van der Waals surface area contributed by atoms with Crippen molar-refractivity contribution in [3.8, 4) is 17.6 Å². The van der Waals surface area contributed by atoms with E-state index in [-0.39, 0.29) is 34.0 Å². The number of hydrogen-bond donors (Lipinski definition) is 1. The highest BCUT2D eigenvalue weighted by atomic mass is 32.2. The number of aryl methyl sites for hydroxylation is 1. The molecule has 0 fully saturated rings. The Hall–Kier alpha value is -5.29. The second kappa shape index (κ2) is 11.2. The van der Waals surface area contributed by atoms with E-state index in [2.05, 4.69) is 5.32 Å². The summed E-state index contributed by atoms with van der Waals surface area (Å²) in [5.74, 6) is -0.831. The summed E-state index contributed by atoms with van der Waals surface area (Å²) < 4.78 is 35.1. The van der Waals surface area contributed by atoms with E-state index < -0.39 is 36.5 Å². The van der Waals surface area contributed by atoms with Crippen LogP contribution in [0.15, 0.2) is 71.1 Å². The van der Waals surface area contributed by atoms with Gasteiger partial charge in [0.25, 0.3) is 17.3 Å². The van der Waals surface area contributed by atoms with E-state index in [1.54, 1.807) is 6.07 Å². The van der Waals surface area contributed by atoms with Crippen molar-refractivity contribution in [2.75, 3.05) is 12.4 Å². The van der Waals surface area contributed by atoms with Crippen LogP contribution in [0.3, 0.4) is 0 Å². The molecule has 0 saturated carbocycles. The summed E-state index contributed by atoms with van der Waals surface area (Å²) in [6.45, 7) is 1.47. The summed E-state index contributed by atoms with van der Waals surface area (Å²) >= 11 is 0. The number of carbonyl (C=O) groups excluding carboxylic acids is 1. The van der Waals surface area contributed by atoms with Gasteiger partial charge >= 0.3 is 10.1 Å². The Morgan fingerprint density at radius 1 is 0.974 bits per heavy atom. The van der Waals surface area contributed by atoms with E-state index in [0.717, 1.165) is 12.1 Å². The lowest BCUT2D eigenvalue weighted by molar-refractivity contribution is -0.385. The van der Waals surface area contributed by atoms with Crippen molar-refractivity contribution in [1.29, 1.82) is 5.26 Å². The van der Waals surface area contributed by atoms with E-state index >= 15 is 0 Å². The van der Waals surface area contributed by atoms with Crippen LogP contribution < -0.4 is 14.2 Å². The normalized spacial score (nSPS) is 11.2. The van der Waals surface area contributed by atoms with Gasteiger partial charge in [0.1, 0.15) is 33.7 Å². The molecule has 3 rings (SSSR count). The molecule has 0 radical (unpaired) electrons. The van der Waals surface area contributed by atoms with Crippen LogP contribution >= 0.6 is 0 Å². The molecule has 0 saturated heterocycles. The molecule has 3 aromatic carbocycles. The number of nitro benzene ring substituents is 2. The number of rotatable bonds is 9. The molecule has 13 nitrogen and oxygen atoms in total. The average molecular weight is 538 g/mol. The Labute approximate surface area is 216 Å². The summed E-state index contributed by atoms with van der Waals surface area (Å²) in [5, 5.41) is 34.2. The molecule has 3 aromatic rings. The first-order valence-electron chi connectivity index (χ1n) is 10.5. The first-order valence-corrected chi connectivity index (χ1v) is 11.9. The Bertz CT molecular complexity index is 1610. The number of anilines is 1. The maximum atomic E-state index is 12.6. The topological polar surface area (TPSA) is 192 Å². The van der Waals surface area contributed by atoms with Crippen molar-refractivity contribution in [2.24, 2.45) is 0 Å². The standard InChI is InChI=1S/C24H18N4O9S/c1-15-3-9-20(13-22(15)27(30)31)38(34,35)37-18-6-4-16(5-7-18)11-17(14-25)24(29)26-21-10-8-19(36-2)12-23(21)28(32)33/h3-13H,1-2H3,(H,26,29)/b17-11+. The molecule has 0 bridgehead atoms. The van der Waals surface area contributed by atoms with Crippen LogP contribution in [0.4, 0.5) is 17.1 Å². The highest BCUT2D eigenvalue weighted by Crippen LogP contribution is 2.30. The van der Waals surface area contributed by atoms with Gasteiger partial charge in [-0.1, -0.05) is 18.2 Å². The summed E-state index contributed by atoms with van der Waals surface area (Å²) in [6, 6.07) is 14.1. The number of benzene rings is 3. The van der Waals surface area contributed by atoms with Gasteiger partial charge in [0.05, 0.1) is 23.0 Å². The Morgan fingerprint density at radius 3 is 2.18 bits per heavy atom. The molecule has 1 amide bonds. The zero-order chi connectivity index (χ0) is 28.0. The molecule has 38 heavy (non-hydrogen) atoms. The van der Waals surface area contributed by atoms with E-state index in [1.165, 1.54) is 68.6 Å². The van der Waals surface area contributed by atoms with Gasteiger partial charge in [0.2, 0.25) is 0 Å². The van der Waals surface area contributed by atoms with Crippen LogP contribution in [0.5, 0.6) is 11.5 Å². The van der Waals surface area contributed by atoms with E-state index in [4.69, 9.17) is 8.92 Å². The number of methoxy groups -OCH3 is 1. The van der Waals surface area contributed by atoms with Crippen molar-refractivity contribution in [3.05, 3.63) is 97.6 Å². The van der Waals surface area contributed by atoms with Gasteiger partial charge in [-0.15, -0.1) is 0 Å². The fourth-order valence-electron chi connectivity index (χ4n) is 3.14. The lowest BCUT2D eigenvalue weighted by atomic mass is 10.1. The zero-order valence-corrected chi connectivity index (χ0v) is 20.6. The van der Waals surface area contributed by atoms with Crippen LogP contribution in [-0.2, 0) is 14.9 Å². The van der Waals surface area contributed by atoms with Crippen LogP contribution in [0.2, 0.25) is 0 Å². The fourth-order valence-corrected chi connectivity index (χ4v) is 4.09. The lowest BCUT2D eigenvalue weighted by Crippen LogP contribution is -2.14. The number of amides is 1. The van der Waals surface area contributed by atoms with Crippen molar-refractivity contribution >= 4 is 39.2 Å². The molecule has 194 valence electrons. The second-order valence-electron chi connectivity index (χ2n) is 7.58. The molecule has 0 spiro atoms. The largest absolute Gasteiger partial charge is 0.496 e. The van der Waals surface area contributed by atoms with Gasteiger partial charge in [0.15, 0.2) is 0 Å². The van der Waals surface area contributed by atoms with Crippen molar-refractivity contribution in [3.63, 3.8) is 0 Å². The summed E-state index contributed by atoms with van der Waals surface area (Å²) in [4.78, 5) is 33.2. The Kier molecular flexibility index (Phi) is 8.04. The third kappa shape index (κ3) is 6.28. The van der Waals surface area contributed by atoms with Gasteiger partial charge in [-0.3, -0.25) is 25.0 Å². The van der Waals surface area contributed by atoms with Gasteiger partial charge in [-0.05, 0) is 48.9 Å². The number of hydrogen-bond acceptors (Lipinski definition) is 10. The molecule has 0 aromatic heterocycles. The van der Waals surface area contributed by atoms with Crippen LogP contribution in [0, 0.1) is 38.5 Å². The third-order valence-electron chi connectivity index (χ3n) is 5.08. The molecule has 0 aliphatic carbocycles. The van der Waals surface area contributed by atoms with Gasteiger partial charge in [-0.2, -0.15) is 13.7 Å². The van der Waals surface area contributed by atoms with E-state index in [1.807, 2.05) is 0 Å². The van der Waals surface area contributed by atoms with Crippen LogP contribution in [0.1, 0.15) is 11.1 Å². The number of nitro groups is 2. The zero-order valence-electron chi connectivity index (χ0n) is 19.8. The molecule has 0 aliphatic rings. The number of ether oxygens (including phenoxy) is 1. The maximum absolute atomic E-state index is 12.6. The molecular formula is C24H18N4O9S. The molecule has 0 unspecified atom stereocenters. The van der Waals surface area contributed by atoms with Crippen molar-refractivity contribution in [1.82, 2.24) is 0 Å². The Morgan fingerprint density at radius 2 is 1.61 bits per heavy atom. The molecule has 1 N–H and O–H groups in total. The molecular weight excluding hydrogens is 520 g/mol. The predicted molar refractivity (Wildman–Crippen MR) is 134 cm³/mol. The maximum Gasteiger partial charge on any atom is 0.339 e. The van der Waals surface area contributed by atoms with Crippen LogP contribution in [0.25, 0.3) is 6.08 Å². The fraction of sp³-hybridized carbons (Fsp3) is 0.0833. The monoisotopic (exact) mass is 538 g/mol. The number of nitriles is 1.